The number of nitrogens with one attached hydrogen (secondary N) is 2. The molecule has 4 rings (SSSR count). The molecule has 1 aliphatic heterocycles. The lowest BCUT2D eigenvalue weighted by atomic mass is 9.97. The Morgan fingerprint density at radius 2 is 1.91 bits per heavy atom. The predicted molar refractivity (Wildman–Crippen MR) is 123 cm³/mol. The minimum Gasteiger partial charge on any atom is -0.465 e. The van der Waals surface area contributed by atoms with Gasteiger partial charge in [-0.2, -0.15) is 0 Å². The number of nitrogens with zero attached hydrogens (tertiary/aromatic N) is 3. The molecule has 9 nitrogen and oxygen atoms in total. The maximum atomic E-state index is 12.9. The molecule has 0 spiro atoms. The second-order valence-electron chi connectivity index (χ2n) is 7.69. The lowest BCUT2D eigenvalue weighted by Gasteiger charge is -2.31. The van der Waals surface area contributed by atoms with Crippen LogP contribution in [0.15, 0.2) is 40.8 Å². The molecule has 0 unspecified atom stereocenters. The highest BCUT2D eigenvalue weighted by Crippen LogP contribution is 2.21. The largest absolute Gasteiger partial charge is 0.465 e. The molecule has 0 bridgehead atoms. The summed E-state index contributed by atoms with van der Waals surface area (Å²) < 4.78 is 5.47. The zero-order valence-corrected chi connectivity index (χ0v) is 19.4. The Hall–Kier alpha value is -3.24. The second kappa shape index (κ2) is 10.1. The van der Waals surface area contributed by atoms with Gasteiger partial charge in [-0.25, -0.2) is 0 Å². The summed E-state index contributed by atoms with van der Waals surface area (Å²) in [6.07, 6.45) is 1.39. The fourth-order valence-electron chi connectivity index (χ4n) is 3.53. The molecular formula is C22H22ClN5O4S. The number of piperidine rings is 1. The molecule has 11 heteroatoms. The number of aryl methyl sites for hydroxylation is 1. The van der Waals surface area contributed by atoms with Crippen LogP contribution in [0.3, 0.4) is 0 Å². The zero-order valence-electron chi connectivity index (χ0n) is 17.8. The van der Waals surface area contributed by atoms with E-state index in [9.17, 15) is 14.4 Å². The summed E-state index contributed by atoms with van der Waals surface area (Å²) in [4.78, 5) is 39.5. The summed E-state index contributed by atoms with van der Waals surface area (Å²) in [6, 6.07) is 10.3. The standard InChI is InChI=1S/C22H22ClN5O4S/c1-13-4-9-17(32-13)11-24-18(29)14-3-2-10-28(12-14)22(31)21-27-26-20(33-21)19(30)25-16-7-5-15(23)6-8-16/h4-9,14H,2-3,10-12H2,1H3,(H,24,29)(H,25,30)/t14-/m0/s1. The van der Waals surface area contributed by atoms with Gasteiger partial charge in [0.2, 0.25) is 15.9 Å². The number of carbonyl (C=O) groups excluding carboxylic acids is 3. The predicted octanol–water partition coefficient (Wildman–Crippen LogP) is 3.51. The first-order valence-corrected chi connectivity index (χ1v) is 11.6. The number of aromatic nitrogens is 2. The number of carbonyl (C=O) groups is 3. The second-order valence-corrected chi connectivity index (χ2v) is 9.11. The van der Waals surface area contributed by atoms with E-state index in [-0.39, 0.29) is 34.3 Å². The third-order valence-corrected chi connectivity index (χ3v) is 6.38. The highest BCUT2D eigenvalue weighted by Gasteiger charge is 2.31. The first-order valence-electron chi connectivity index (χ1n) is 10.4. The van der Waals surface area contributed by atoms with Gasteiger partial charge < -0.3 is 20.0 Å². The van der Waals surface area contributed by atoms with Gasteiger partial charge in [0.25, 0.3) is 11.8 Å². The fourth-order valence-corrected chi connectivity index (χ4v) is 4.36. The lowest BCUT2D eigenvalue weighted by Crippen LogP contribution is -2.45. The summed E-state index contributed by atoms with van der Waals surface area (Å²) >= 11 is 6.77. The van der Waals surface area contributed by atoms with E-state index >= 15 is 0 Å². The van der Waals surface area contributed by atoms with E-state index in [0.29, 0.717) is 42.4 Å². The van der Waals surface area contributed by atoms with E-state index < -0.39 is 5.91 Å². The molecule has 1 saturated heterocycles. The minimum atomic E-state index is -0.460. The Labute approximate surface area is 199 Å². The van der Waals surface area contributed by atoms with Crippen molar-refractivity contribution in [2.24, 2.45) is 5.92 Å². The molecule has 1 aromatic carbocycles. The first kappa shape index (κ1) is 22.9. The number of benzene rings is 1. The van der Waals surface area contributed by atoms with Crippen molar-refractivity contribution in [3.05, 3.63) is 63.0 Å². The highest BCUT2D eigenvalue weighted by atomic mass is 35.5. The van der Waals surface area contributed by atoms with E-state index in [0.717, 1.165) is 17.1 Å². The van der Waals surface area contributed by atoms with E-state index in [1.165, 1.54) is 0 Å². The summed E-state index contributed by atoms with van der Waals surface area (Å²) in [5.74, 6) is 0.228. The number of rotatable bonds is 6. The first-order chi connectivity index (χ1) is 15.9. The van der Waals surface area contributed by atoms with Crippen LogP contribution in [0, 0.1) is 12.8 Å². The summed E-state index contributed by atoms with van der Waals surface area (Å²) in [5, 5.41) is 14.1. The van der Waals surface area contributed by atoms with E-state index in [1.54, 1.807) is 29.2 Å². The van der Waals surface area contributed by atoms with Gasteiger partial charge in [-0.15, -0.1) is 10.2 Å². The summed E-state index contributed by atoms with van der Waals surface area (Å²) in [5.41, 5.74) is 0.557. The third-order valence-electron chi connectivity index (χ3n) is 5.22. The molecule has 2 aromatic heterocycles. The van der Waals surface area contributed by atoms with Crippen LogP contribution in [0.25, 0.3) is 0 Å². The van der Waals surface area contributed by atoms with Crippen molar-refractivity contribution < 1.29 is 18.8 Å². The summed E-state index contributed by atoms with van der Waals surface area (Å²) in [7, 11) is 0. The maximum Gasteiger partial charge on any atom is 0.286 e. The van der Waals surface area contributed by atoms with Gasteiger partial charge in [0, 0.05) is 23.8 Å². The molecule has 3 aromatic rings. The molecular weight excluding hydrogens is 466 g/mol. The van der Waals surface area contributed by atoms with Crippen LogP contribution < -0.4 is 10.6 Å². The average Bonchev–Trinajstić information content (AvgIpc) is 3.48. The molecule has 2 N–H and O–H groups in total. The monoisotopic (exact) mass is 487 g/mol. The van der Waals surface area contributed by atoms with Crippen LogP contribution in [-0.2, 0) is 11.3 Å². The van der Waals surface area contributed by atoms with Crippen LogP contribution in [0.5, 0.6) is 0 Å². The van der Waals surface area contributed by atoms with Gasteiger partial charge >= 0.3 is 0 Å². The number of likely N-dealkylation sites (tertiary alicyclic amines) is 1. The molecule has 3 amide bonds. The smallest absolute Gasteiger partial charge is 0.286 e. The van der Waals surface area contributed by atoms with Crippen molar-refractivity contribution >= 4 is 46.3 Å². The minimum absolute atomic E-state index is 0.0772. The van der Waals surface area contributed by atoms with Gasteiger partial charge in [0.1, 0.15) is 11.5 Å². The van der Waals surface area contributed by atoms with Crippen LogP contribution in [0.1, 0.15) is 44.0 Å². The molecule has 1 aliphatic rings. The highest BCUT2D eigenvalue weighted by molar-refractivity contribution is 7.15. The Balaban J connectivity index is 1.33. The Bertz CT molecular complexity index is 1160. The van der Waals surface area contributed by atoms with Crippen molar-refractivity contribution in [3.63, 3.8) is 0 Å². The summed E-state index contributed by atoms with van der Waals surface area (Å²) in [6.45, 7) is 2.95. The Morgan fingerprint density at radius 1 is 1.15 bits per heavy atom. The van der Waals surface area contributed by atoms with Gasteiger partial charge in [0.05, 0.1) is 12.5 Å². The van der Waals surface area contributed by atoms with Crippen molar-refractivity contribution in [1.29, 1.82) is 0 Å². The number of hydrogen-bond donors (Lipinski definition) is 2. The number of hydrogen-bond acceptors (Lipinski definition) is 7. The van der Waals surface area contributed by atoms with Crippen molar-refractivity contribution in [2.75, 3.05) is 18.4 Å². The quantitative estimate of drug-likeness (QED) is 0.549. The number of halogens is 1. The normalized spacial score (nSPS) is 15.8. The molecule has 172 valence electrons. The molecule has 0 aliphatic carbocycles. The van der Waals surface area contributed by atoms with E-state index in [2.05, 4.69) is 20.8 Å². The Kier molecular flexibility index (Phi) is 7.05. The zero-order chi connectivity index (χ0) is 23.4. The molecule has 3 heterocycles. The van der Waals surface area contributed by atoms with Crippen LogP contribution in [0.4, 0.5) is 5.69 Å². The van der Waals surface area contributed by atoms with Crippen molar-refractivity contribution in [2.45, 2.75) is 26.3 Å². The molecule has 1 fully saturated rings. The van der Waals surface area contributed by atoms with E-state index in [4.69, 9.17) is 16.0 Å². The van der Waals surface area contributed by atoms with Gasteiger partial charge in [-0.1, -0.05) is 22.9 Å². The third kappa shape index (κ3) is 5.77. The van der Waals surface area contributed by atoms with Crippen molar-refractivity contribution in [3.8, 4) is 0 Å². The van der Waals surface area contributed by atoms with Gasteiger partial charge in [-0.05, 0) is 56.2 Å². The number of amides is 3. The molecule has 1 atom stereocenters. The fraction of sp³-hybridized carbons (Fsp3) is 0.318. The molecule has 33 heavy (non-hydrogen) atoms. The lowest BCUT2D eigenvalue weighted by molar-refractivity contribution is -0.126. The van der Waals surface area contributed by atoms with Crippen LogP contribution in [-0.4, -0.2) is 45.9 Å². The number of anilines is 1. The van der Waals surface area contributed by atoms with E-state index in [1.807, 2.05) is 19.1 Å². The van der Waals surface area contributed by atoms with Crippen LogP contribution in [0.2, 0.25) is 5.02 Å². The van der Waals surface area contributed by atoms with Crippen molar-refractivity contribution in [1.82, 2.24) is 20.4 Å². The number of furan rings is 1. The molecule has 0 saturated carbocycles. The Morgan fingerprint density at radius 3 is 2.64 bits per heavy atom. The topological polar surface area (TPSA) is 117 Å². The maximum absolute atomic E-state index is 12.9. The van der Waals surface area contributed by atoms with Crippen LogP contribution >= 0.6 is 22.9 Å². The molecule has 0 radical (unpaired) electrons. The van der Waals surface area contributed by atoms with Gasteiger partial charge in [-0.3, -0.25) is 14.4 Å². The average molecular weight is 488 g/mol. The van der Waals surface area contributed by atoms with Gasteiger partial charge in [0.15, 0.2) is 0 Å². The SMILES string of the molecule is Cc1ccc(CNC(=O)[C@H]2CCCN(C(=O)c3nnc(C(=O)Nc4ccc(Cl)cc4)s3)C2)o1.